The van der Waals surface area contributed by atoms with Crippen molar-refractivity contribution in [1.29, 1.82) is 0 Å². The van der Waals surface area contributed by atoms with Gasteiger partial charge in [-0.1, -0.05) is 61.2 Å². The van der Waals surface area contributed by atoms with Crippen LogP contribution in [0.5, 0.6) is 0 Å². The zero-order valence-electron chi connectivity index (χ0n) is 11.9. The summed E-state index contributed by atoms with van der Waals surface area (Å²) in [5.74, 6) is 0. The van der Waals surface area contributed by atoms with E-state index >= 15 is 0 Å². The molecule has 0 spiro atoms. The first-order valence-electron chi connectivity index (χ1n) is 6.60. The van der Waals surface area contributed by atoms with Crippen molar-refractivity contribution in [2.45, 2.75) is 13.3 Å². The fourth-order valence-corrected chi connectivity index (χ4v) is 2.20. The average Bonchev–Trinajstić information content (AvgIpc) is 2.46. The zero-order valence-corrected chi connectivity index (χ0v) is 11.9. The van der Waals surface area contributed by atoms with Crippen molar-refractivity contribution in [3.8, 4) is 0 Å². The zero-order chi connectivity index (χ0) is 14.5. The van der Waals surface area contributed by atoms with Gasteiger partial charge in [0.25, 0.3) is 0 Å². The third-order valence-corrected chi connectivity index (χ3v) is 3.25. The molecule has 2 rings (SSSR count). The molecule has 0 saturated heterocycles. The van der Waals surface area contributed by atoms with Crippen LogP contribution in [-0.4, -0.2) is 6.72 Å². The predicted octanol–water partition coefficient (Wildman–Crippen LogP) is 5.40. The van der Waals surface area contributed by atoms with Crippen LogP contribution >= 0.6 is 0 Å². The number of hydrogen-bond donors (Lipinski definition) is 0. The van der Waals surface area contributed by atoms with Gasteiger partial charge in [0.1, 0.15) is 0 Å². The minimum Gasteiger partial charge on any atom is -0.269 e. The molecule has 1 nitrogen and oxygen atoms in total. The van der Waals surface area contributed by atoms with Gasteiger partial charge < -0.3 is 0 Å². The minimum absolute atomic E-state index is 0.732. The van der Waals surface area contributed by atoms with Crippen LogP contribution in [0.15, 0.2) is 78.0 Å². The Bertz CT molecular complexity index is 705. The molecular formula is C19H19N. The molecule has 0 atom stereocenters. The lowest BCUT2D eigenvalue weighted by atomic mass is 10.00. The average molecular weight is 261 g/mol. The lowest BCUT2D eigenvalue weighted by Crippen LogP contribution is -1.84. The first-order chi connectivity index (χ1) is 9.60. The van der Waals surface area contributed by atoms with E-state index in [9.17, 15) is 0 Å². The van der Waals surface area contributed by atoms with Gasteiger partial charge in [0.15, 0.2) is 0 Å². The fourth-order valence-electron chi connectivity index (χ4n) is 2.20. The summed E-state index contributed by atoms with van der Waals surface area (Å²) < 4.78 is 0. The van der Waals surface area contributed by atoms with E-state index in [0.29, 0.717) is 0 Å². The Kier molecular flexibility index (Phi) is 4.31. The molecule has 20 heavy (non-hydrogen) atoms. The second kappa shape index (κ2) is 6.16. The van der Waals surface area contributed by atoms with Crippen molar-refractivity contribution in [1.82, 2.24) is 0 Å². The van der Waals surface area contributed by atoms with Gasteiger partial charge in [0.2, 0.25) is 0 Å². The lowest BCUT2D eigenvalue weighted by Gasteiger charge is -2.06. The van der Waals surface area contributed by atoms with E-state index in [1.165, 1.54) is 16.3 Å². The second-order valence-corrected chi connectivity index (χ2v) is 4.98. The third-order valence-electron chi connectivity index (χ3n) is 3.25. The molecule has 0 amide bonds. The Morgan fingerprint density at radius 2 is 1.80 bits per heavy atom. The number of aliphatic imine (C=N–C) groups is 1. The van der Waals surface area contributed by atoms with Crippen molar-refractivity contribution < 1.29 is 0 Å². The smallest absolute Gasteiger partial charge is 0.0365 e. The van der Waals surface area contributed by atoms with Gasteiger partial charge in [0, 0.05) is 12.1 Å². The van der Waals surface area contributed by atoms with Crippen LogP contribution in [0.4, 0.5) is 0 Å². The summed E-state index contributed by atoms with van der Waals surface area (Å²) in [7, 11) is 0. The molecule has 0 aliphatic rings. The van der Waals surface area contributed by atoms with Crippen molar-refractivity contribution in [3.05, 3.63) is 78.5 Å². The molecule has 0 unspecified atom stereocenters. The van der Waals surface area contributed by atoms with E-state index in [4.69, 9.17) is 0 Å². The molecule has 0 fully saturated rings. The van der Waals surface area contributed by atoms with Gasteiger partial charge in [-0.2, -0.15) is 0 Å². The summed E-state index contributed by atoms with van der Waals surface area (Å²) >= 11 is 0. The minimum atomic E-state index is 0.732. The molecule has 0 aromatic heterocycles. The molecule has 1 heteroatoms. The van der Waals surface area contributed by atoms with E-state index in [2.05, 4.69) is 80.3 Å². The molecule has 0 heterocycles. The topological polar surface area (TPSA) is 12.4 Å². The first-order valence-corrected chi connectivity index (χ1v) is 6.60. The highest BCUT2D eigenvalue weighted by molar-refractivity contribution is 5.87. The summed E-state index contributed by atoms with van der Waals surface area (Å²) in [5.41, 5.74) is 4.11. The van der Waals surface area contributed by atoms with E-state index in [1.807, 2.05) is 0 Å². The highest BCUT2D eigenvalue weighted by Gasteiger charge is 2.00. The molecule has 100 valence electrons. The molecule has 0 aliphatic carbocycles. The van der Waals surface area contributed by atoms with Crippen molar-refractivity contribution in [2.75, 3.05) is 0 Å². The van der Waals surface area contributed by atoms with Crippen LogP contribution in [0.2, 0.25) is 0 Å². The van der Waals surface area contributed by atoms with Gasteiger partial charge >= 0.3 is 0 Å². The van der Waals surface area contributed by atoms with Crippen LogP contribution < -0.4 is 0 Å². The van der Waals surface area contributed by atoms with Crippen LogP contribution in [0, 0.1) is 0 Å². The highest BCUT2D eigenvalue weighted by Crippen LogP contribution is 2.23. The fraction of sp³-hybridized carbons (Fsp3) is 0.105. The van der Waals surface area contributed by atoms with Gasteiger partial charge in [-0.15, -0.1) is 0 Å². The molecular weight excluding hydrogens is 242 g/mol. The number of fused-ring (bicyclic) bond motifs is 1. The largest absolute Gasteiger partial charge is 0.269 e. The first kappa shape index (κ1) is 14.0. The summed E-state index contributed by atoms with van der Waals surface area (Å²) in [5, 5.41) is 2.48. The molecule has 0 N–H and O–H groups in total. The quantitative estimate of drug-likeness (QED) is 0.504. The summed E-state index contributed by atoms with van der Waals surface area (Å²) in [6.45, 7) is 13.5. The molecule has 2 aromatic rings. The van der Waals surface area contributed by atoms with Crippen LogP contribution in [0.1, 0.15) is 18.9 Å². The van der Waals surface area contributed by atoms with Gasteiger partial charge in [-0.3, -0.25) is 4.99 Å². The van der Waals surface area contributed by atoms with Crippen molar-refractivity contribution in [3.63, 3.8) is 0 Å². The van der Waals surface area contributed by atoms with Gasteiger partial charge in [0.05, 0.1) is 0 Å². The maximum absolute atomic E-state index is 4.15. The van der Waals surface area contributed by atoms with Crippen LogP contribution in [-0.2, 0) is 0 Å². The number of hydrogen-bond acceptors (Lipinski definition) is 1. The molecule has 0 bridgehead atoms. The van der Waals surface area contributed by atoms with Crippen molar-refractivity contribution >= 4 is 23.1 Å². The Hall–Kier alpha value is -2.41. The number of benzene rings is 2. The van der Waals surface area contributed by atoms with E-state index in [1.54, 1.807) is 0 Å². The predicted molar refractivity (Wildman–Crippen MR) is 90.0 cm³/mol. The molecule has 0 radical (unpaired) electrons. The summed E-state index contributed by atoms with van der Waals surface area (Å²) in [6.07, 6.45) is 2.82. The number of allylic oxidation sites excluding steroid dienone is 3. The summed E-state index contributed by atoms with van der Waals surface area (Å²) in [6, 6.07) is 14.7. The highest BCUT2D eigenvalue weighted by atomic mass is 14.7. The van der Waals surface area contributed by atoms with E-state index < -0.39 is 0 Å². The monoisotopic (exact) mass is 261 g/mol. The van der Waals surface area contributed by atoms with Crippen molar-refractivity contribution in [2.24, 2.45) is 4.99 Å². The molecule has 2 aromatic carbocycles. The number of rotatable bonds is 5. The molecule has 0 saturated carbocycles. The Morgan fingerprint density at radius 3 is 2.50 bits per heavy atom. The lowest BCUT2D eigenvalue weighted by molar-refractivity contribution is 1.10. The Morgan fingerprint density at radius 1 is 1.10 bits per heavy atom. The van der Waals surface area contributed by atoms with E-state index in [0.717, 1.165) is 23.3 Å². The maximum atomic E-state index is 4.15. The van der Waals surface area contributed by atoms with Crippen LogP contribution in [0.3, 0.4) is 0 Å². The standard InChI is InChI=1S/C19H19N/c1-14(12-16(3)20-4)11-15(2)18-10-9-17-7-5-6-8-19(17)13-18/h5-11,13H,2-4,12H2,1H3/b14-11+. The van der Waals surface area contributed by atoms with E-state index in [-0.39, 0.29) is 0 Å². The Balaban J connectivity index is 2.24. The van der Waals surface area contributed by atoms with Gasteiger partial charge in [-0.25, -0.2) is 0 Å². The Labute approximate surface area is 120 Å². The maximum Gasteiger partial charge on any atom is 0.0365 e. The second-order valence-electron chi connectivity index (χ2n) is 4.98. The normalized spacial score (nSPS) is 11.3. The molecule has 0 aliphatic heterocycles. The summed E-state index contributed by atoms with van der Waals surface area (Å²) in [4.78, 5) is 3.83. The van der Waals surface area contributed by atoms with Crippen LogP contribution in [0.25, 0.3) is 16.3 Å². The number of nitrogens with zero attached hydrogens (tertiary/aromatic N) is 1. The SMILES string of the molecule is C=NC(=C)C/C(C)=C/C(=C)c1ccc2ccccc2c1. The third kappa shape index (κ3) is 3.33. The van der Waals surface area contributed by atoms with Gasteiger partial charge in [-0.05, 0) is 41.6 Å².